The molecule has 0 fully saturated rings. The van der Waals surface area contributed by atoms with Crippen molar-refractivity contribution in [2.75, 3.05) is 0 Å². The summed E-state index contributed by atoms with van der Waals surface area (Å²) in [5, 5.41) is 8.86. The summed E-state index contributed by atoms with van der Waals surface area (Å²) in [6.45, 7) is 6.24. The topological polar surface area (TPSA) is 23.8 Å². The third-order valence-electron chi connectivity index (χ3n) is 2.63. The van der Waals surface area contributed by atoms with Crippen LogP contribution in [0.2, 0.25) is 0 Å². The number of hydrogen-bond acceptors (Lipinski definition) is 1. The van der Waals surface area contributed by atoms with Gasteiger partial charge in [0.1, 0.15) is 5.82 Å². The fourth-order valence-corrected chi connectivity index (χ4v) is 1.38. The van der Waals surface area contributed by atoms with E-state index in [-0.39, 0.29) is 11.7 Å². The molecule has 2 heteroatoms. The maximum Gasteiger partial charge on any atom is 0.124 e. The zero-order valence-corrected chi connectivity index (χ0v) is 8.71. The van der Waals surface area contributed by atoms with Gasteiger partial charge in [0.15, 0.2) is 0 Å². The van der Waals surface area contributed by atoms with Gasteiger partial charge >= 0.3 is 0 Å². The van der Waals surface area contributed by atoms with E-state index in [0.717, 1.165) is 5.56 Å². The molecule has 0 aromatic heterocycles. The lowest BCUT2D eigenvalue weighted by Crippen LogP contribution is -2.04. The quantitative estimate of drug-likeness (QED) is 0.702. The van der Waals surface area contributed by atoms with Crippen molar-refractivity contribution in [3.05, 3.63) is 35.1 Å². The largest absolute Gasteiger partial charge is 0.207 e. The minimum absolute atomic E-state index is 0.283. The number of hydrogen-bond donors (Lipinski definition) is 0. The Kier molecular flexibility index (Phi) is 3.24. The second-order valence-corrected chi connectivity index (χ2v) is 3.88. The van der Waals surface area contributed by atoms with Gasteiger partial charge in [0.05, 0.1) is 11.6 Å². The third kappa shape index (κ3) is 2.11. The van der Waals surface area contributed by atoms with E-state index in [1.165, 1.54) is 12.1 Å². The van der Waals surface area contributed by atoms with Crippen LogP contribution in [0.4, 0.5) is 4.39 Å². The lowest BCUT2D eigenvalue weighted by atomic mass is 9.87. The highest BCUT2D eigenvalue weighted by molar-refractivity contribution is 5.40. The summed E-state index contributed by atoms with van der Waals surface area (Å²) in [5.41, 5.74) is 1.38. The van der Waals surface area contributed by atoms with E-state index < -0.39 is 0 Å². The standard InChI is InChI=1S/C12H14FN/c1-8(2)9(3)12-5-4-11(13)6-10(12)7-14/h4-6,8-9H,1-3H3. The summed E-state index contributed by atoms with van der Waals surface area (Å²) in [6.07, 6.45) is 0. The van der Waals surface area contributed by atoms with Crippen molar-refractivity contribution in [1.29, 1.82) is 5.26 Å². The Morgan fingerprint density at radius 2 is 1.93 bits per heavy atom. The maximum absolute atomic E-state index is 12.8. The molecule has 0 heterocycles. The Hall–Kier alpha value is -1.36. The van der Waals surface area contributed by atoms with Crippen molar-refractivity contribution in [2.24, 2.45) is 5.92 Å². The van der Waals surface area contributed by atoms with Crippen LogP contribution >= 0.6 is 0 Å². The highest BCUT2D eigenvalue weighted by atomic mass is 19.1. The van der Waals surface area contributed by atoms with Gasteiger partial charge in [0.25, 0.3) is 0 Å². The van der Waals surface area contributed by atoms with Crippen molar-refractivity contribution < 1.29 is 4.39 Å². The van der Waals surface area contributed by atoms with Crippen LogP contribution in [0.3, 0.4) is 0 Å². The molecule has 1 aromatic rings. The van der Waals surface area contributed by atoms with E-state index in [1.807, 2.05) is 6.07 Å². The molecule has 14 heavy (non-hydrogen) atoms. The molecule has 1 nitrogen and oxygen atoms in total. The van der Waals surface area contributed by atoms with Crippen LogP contribution in [0.15, 0.2) is 18.2 Å². The van der Waals surface area contributed by atoms with E-state index in [9.17, 15) is 4.39 Å². The predicted molar refractivity (Wildman–Crippen MR) is 54.4 cm³/mol. The lowest BCUT2D eigenvalue weighted by molar-refractivity contribution is 0.532. The first-order valence-corrected chi connectivity index (χ1v) is 4.75. The summed E-state index contributed by atoms with van der Waals surface area (Å²) in [6, 6.07) is 6.45. The van der Waals surface area contributed by atoms with Crippen LogP contribution < -0.4 is 0 Å². The van der Waals surface area contributed by atoms with Crippen LogP contribution in [-0.4, -0.2) is 0 Å². The van der Waals surface area contributed by atoms with E-state index in [2.05, 4.69) is 20.8 Å². The van der Waals surface area contributed by atoms with Crippen molar-refractivity contribution in [2.45, 2.75) is 26.7 Å². The number of halogens is 1. The van der Waals surface area contributed by atoms with Gasteiger partial charge in [-0.15, -0.1) is 0 Å². The normalized spacial score (nSPS) is 12.6. The molecule has 0 aliphatic heterocycles. The van der Waals surface area contributed by atoms with E-state index >= 15 is 0 Å². The second kappa shape index (κ2) is 4.23. The summed E-state index contributed by atoms with van der Waals surface area (Å²) in [5.74, 6) is 0.388. The third-order valence-corrected chi connectivity index (χ3v) is 2.63. The van der Waals surface area contributed by atoms with Gasteiger partial charge in [-0.25, -0.2) is 4.39 Å². The van der Waals surface area contributed by atoms with Gasteiger partial charge in [0.2, 0.25) is 0 Å². The van der Waals surface area contributed by atoms with Crippen molar-refractivity contribution in [3.63, 3.8) is 0 Å². The molecule has 0 radical (unpaired) electrons. The van der Waals surface area contributed by atoms with E-state index in [0.29, 0.717) is 11.5 Å². The Balaban J connectivity index is 3.16. The molecule has 74 valence electrons. The zero-order valence-electron chi connectivity index (χ0n) is 8.71. The molecule has 0 bridgehead atoms. The average Bonchev–Trinajstić information content (AvgIpc) is 2.16. The summed E-state index contributed by atoms with van der Waals surface area (Å²) < 4.78 is 12.8. The summed E-state index contributed by atoms with van der Waals surface area (Å²) in [7, 11) is 0. The Morgan fingerprint density at radius 3 is 2.43 bits per heavy atom. The van der Waals surface area contributed by atoms with Crippen LogP contribution in [0.5, 0.6) is 0 Å². The molecule has 0 aliphatic rings. The van der Waals surface area contributed by atoms with Gasteiger partial charge in [-0.05, 0) is 29.5 Å². The van der Waals surface area contributed by atoms with Gasteiger partial charge in [-0.1, -0.05) is 26.8 Å². The first kappa shape index (κ1) is 10.7. The molecule has 1 aromatic carbocycles. The van der Waals surface area contributed by atoms with Gasteiger partial charge < -0.3 is 0 Å². The molecule has 0 spiro atoms. The van der Waals surface area contributed by atoms with Gasteiger partial charge in [0, 0.05) is 0 Å². The van der Waals surface area contributed by atoms with Crippen LogP contribution in [0.25, 0.3) is 0 Å². The van der Waals surface area contributed by atoms with Crippen molar-refractivity contribution in [3.8, 4) is 6.07 Å². The second-order valence-electron chi connectivity index (χ2n) is 3.88. The van der Waals surface area contributed by atoms with E-state index in [1.54, 1.807) is 6.07 Å². The lowest BCUT2D eigenvalue weighted by Gasteiger charge is -2.17. The van der Waals surface area contributed by atoms with Crippen LogP contribution in [0, 0.1) is 23.1 Å². The molecule has 0 amide bonds. The van der Waals surface area contributed by atoms with Crippen molar-refractivity contribution >= 4 is 0 Å². The summed E-state index contributed by atoms with van der Waals surface area (Å²) >= 11 is 0. The van der Waals surface area contributed by atoms with Gasteiger partial charge in [-0.3, -0.25) is 0 Å². The Bertz CT molecular complexity index is 363. The summed E-state index contributed by atoms with van der Waals surface area (Å²) in [4.78, 5) is 0. The number of rotatable bonds is 2. The predicted octanol–water partition coefficient (Wildman–Crippen LogP) is 3.46. The monoisotopic (exact) mass is 191 g/mol. The molecule has 0 aliphatic carbocycles. The fraction of sp³-hybridized carbons (Fsp3) is 0.417. The minimum Gasteiger partial charge on any atom is -0.207 e. The molecule has 1 unspecified atom stereocenters. The Morgan fingerprint density at radius 1 is 1.29 bits per heavy atom. The average molecular weight is 191 g/mol. The van der Waals surface area contributed by atoms with Gasteiger partial charge in [-0.2, -0.15) is 5.26 Å². The number of benzene rings is 1. The maximum atomic E-state index is 12.8. The van der Waals surface area contributed by atoms with Crippen LogP contribution in [0.1, 0.15) is 37.8 Å². The number of nitriles is 1. The highest BCUT2D eigenvalue weighted by Crippen LogP contribution is 2.26. The molecular weight excluding hydrogens is 177 g/mol. The molecule has 1 atom stereocenters. The first-order chi connectivity index (χ1) is 6.56. The first-order valence-electron chi connectivity index (χ1n) is 4.75. The molecule has 1 rings (SSSR count). The number of nitrogens with zero attached hydrogens (tertiary/aromatic N) is 1. The zero-order chi connectivity index (χ0) is 10.7. The molecular formula is C12H14FN. The smallest absolute Gasteiger partial charge is 0.124 e. The minimum atomic E-state index is -0.346. The molecule has 0 N–H and O–H groups in total. The molecule has 0 saturated carbocycles. The Labute approximate surface area is 84.2 Å². The molecule has 0 saturated heterocycles. The fourth-order valence-electron chi connectivity index (χ4n) is 1.38. The van der Waals surface area contributed by atoms with Crippen LogP contribution in [-0.2, 0) is 0 Å². The SMILES string of the molecule is CC(C)C(C)c1ccc(F)cc1C#N. The van der Waals surface area contributed by atoms with E-state index in [4.69, 9.17) is 5.26 Å². The highest BCUT2D eigenvalue weighted by Gasteiger charge is 2.14. The van der Waals surface area contributed by atoms with Crippen molar-refractivity contribution in [1.82, 2.24) is 0 Å².